The minimum Gasteiger partial charge on any atom is -0.277 e. The van der Waals surface area contributed by atoms with Gasteiger partial charge in [-0.2, -0.15) is 0 Å². The maximum atomic E-state index is 12.5. The molecule has 21 heavy (non-hydrogen) atoms. The Morgan fingerprint density at radius 1 is 0.905 bits per heavy atom. The van der Waals surface area contributed by atoms with E-state index >= 15 is 0 Å². The Morgan fingerprint density at radius 3 is 2.00 bits per heavy atom. The summed E-state index contributed by atoms with van der Waals surface area (Å²) in [7, 11) is -3.64. The van der Waals surface area contributed by atoms with Gasteiger partial charge in [0.15, 0.2) is 0 Å². The van der Waals surface area contributed by atoms with Crippen molar-refractivity contribution in [3.05, 3.63) is 54.9 Å². The molecule has 0 fully saturated rings. The molecule has 0 aliphatic carbocycles. The van der Waals surface area contributed by atoms with Crippen LogP contribution >= 0.6 is 47.8 Å². The highest BCUT2D eigenvalue weighted by atomic mass is 79.9. The molecule has 0 atom stereocenters. The summed E-state index contributed by atoms with van der Waals surface area (Å²) in [4.78, 5) is 0.225. The number of halogens is 3. The van der Waals surface area contributed by atoms with Crippen LogP contribution in [0.25, 0.3) is 0 Å². The number of aryl methyl sites for hydroxylation is 2. The first-order valence-corrected chi connectivity index (χ1v) is 9.81. The number of rotatable bonds is 3. The largest absolute Gasteiger partial charge is 0.277 e. The van der Waals surface area contributed by atoms with E-state index in [0.717, 1.165) is 15.6 Å². The van der Waals surface area contributed by atoms with Gasteiger partial charge < -0.3 is 0 Å². The van der Waals surface area contributed by atoms with Gasteiger partial charge in [0.2, 0.25) is 0 Å². The lowest BCUT2D eigenvalue weighted by atomic mass is 10.2. The molecule has 2 rings (SSSR count). The number of anilines is 1. The zero-order valence-electron chi connectivity index (χ0n) is 11.2. The maximum Gasteiger partial charge on any atom is 0.261 e. The minimum atomic E-state index is -3.64. The summed E-state index contributed by atoms with van der Waals surface area (Å²) in [5.41, 5.74) is 2.37. The molecule has 0 saturated heterocycles. The Balaban J connectivity index is 2.44. The van der Waals surface area contributed by atoms with Gasteiger partial charge in [-0.1, -0.05) is 15.9 Å². The van der Waals surface area contributed by atoms with E-state index in [4.69, 9.17) is 0 Å². The monoisotopic (exact) mass is 495 g/mol. The summed E-state index contributed by atoms with van der Waals surface area (Å²) in [6, 6.07) is 8.63. The van der Waals surface area contributed by atoms with Crippen LogP contribution in [0.4, 0.5) is 5.69 Å². The molecular weight excluding hydrogens is 486 g/mol. The van der Waals surface area contributed by atoms with Crippen molar-refractivity contribution in [2.45, 2.75) is 18.7 Å². The molecule has 0 heterocycles. The molecule has 0 bridgehead atoms. The van der Waals surface area contributed by atoms with Crippen molar-refractivity contribution in [1.29, 1.82) is 0 Å². The highest BCUT2D eigenvalue weighted by molar-refractivity contribution is 9.11. The van der Waals surface area contributed by atoms with Gasteiger partial charge in [-0.05, 0) is 87.2 Å². The van der Waals surface area contributed by atoms with Crippen molar-refractivity contribution in [2.75, 3.05) is 4.72 Å². The van der Waals surface area contributed by atoms with E-state index in [-0.39, 0.29) is 4.90 Å². The van der Waals surface area contributed by atoms with Crippen LogP contribution in [0, 0.1) is 13.8 Å². The topological polar surface area (TPSA) is 46.2 Å². The van der Waals surface area contributed by atoms with E-state index in [2.05, 4.69) is 52.5 Å². The van der Waals surface area contributed by atoms with Crippen LogP contribution in [0.3, 0.4) is 0 Å². The van der Waals surface area contributed by atoms with Crippen LogP contribution in [0.15, 0.2) is 48.6 Å². The van der Waals surface area contributed by atoms with E-state index in [0.29, 0.717) is 14.6 Å². The van der Waals surface area contributed by atoms with Crippen molar-refractivity contribution in [2.24, 2.45) is 0 Å². The van der Waals surface area contributed by atoms with Crippen LogP contribution < -0.4 is 4.72 Å². The maximum absolute atomic E-state index is 12.5. The van der Waals surface area contributed by atoms with E-state index in [1.54, 1.807) is 18.2 Å². The van der Waals surface area contributed by atoms with Crippen molar-refractivity contribution in [1.82, 2.24) is 0 Å². The summed E-state index contributed by atoms with van der Waals surface area (Å²) in [5.74, 6) is 0. The second kappa shape index (κ2) is 6.40. The van der Waals surface area contributed by atoms with Crippen LogP contribution in [0.2, 0.25) is 0 Å². The lowest BCUT2D eigenvalue weighted by Crippen LogP contribution is -2.14. The van der Waals surface area contributed by atoms with Gasteiger partial charge >= 0.3 is 0 Å². The molecule has 0 amide bonds. The first-order chi connectivity index (χ1) is 9.70. The minimum absolute atomic E-state index is 0.225. The Labute approximate surface area is 149 Å². The van der Waals surface area contributed by atoms with E-state index in [1.165, 1.54) is 0 Å². The zero-order valence-corrected chi connectivity index (χ0v) is 16.8. The Bertz CT molecular complexity index is 781. The molecule has 0 aliphatic rings. The summed E-state index contributed by atoms with van der Waals surface area (Å²) < 4.78 is 29.8. The van der Waals surface area contributed by atoms with Gasteiger partial charge in [-0.15, -0.1) is 0 Å². The first-order valence-electron chi connectivity index (χ1n) is 5.95. The summed E-state index contributed by atoms with van der Waals surface area (Å²) in [6.45, 7) is 3.78. The molecule has 0 saturated carbocycles. The SMILES string of the molecule is Cc1cc(Br)c(NS(=O)(=O)c2ccc(Br)c(C)c2)c(Br)c1. The average Bonchev–Trinajstić information content (AvgIpc) is 2.37. The Morgan fingerprint density at radius 2 is 1.48 bits per heavy atom. The fourth-order valence-electron chi connectivity index (χ4n) is 1.77. The number of hydrogen-bond donors (Lipinski definition) is 1. The third-order valence-electron chi connectivity index (χ3n) is 2.86. The van der Waals surface area contributed by atoms with Gasteiger partial charge in [0.1, 0.15) is 0 Å². The zero-order chi connectivity index (χ0) is 15.8. The van der Waals surface area contributed by atoms with E-state index in [1.807, 2.05) is 26.0 Å². The molecule has 0 aliphatic heterocycles. The molecule has 0 aromatic heterocycles. The summed E-state index contributed by atoms with van der Waals surface area (Å²) in [5, 5.41) is 0. The molecular formula is C14H12Br3NO2S. The lowest BCUT2D eigenvalue weighted by Gasteiger charge is -2.13. The molecule has 0 radical (unpaired) electrons. The highest BCUT2D eigenvalue weighted by Crippen LogP contribution is 2.34. The van der Waals surface area contributed by atoms with Crippen molar-refractivity contribution in [3.63, 3.8) is 0 Å². The van der Waals surface area contributed by atoms with Gasteiger partial charge in [-0.25, -0.2) is 8.42 Å². The first kappa shape index (κ1) is 17.0. The quantitative estimate of drug-likeness (QED) is 0.618. The smallest absolute Gasteiger partial charge is 0.261 e. The molecule has 2 aromatic carbocycles. The lowest BCUT2D eigenvalue weighted by molar-refractivity contribution is 0.601. The van der Waals surface area contributed by atoms with Crippen LogP contribution in [0.1, 0.15) is 11.1 Å². The highest BCUT2D eigenvalue weighted by Gasteiger charge is 2.18. The van der Waals surface area contributed by atoms with Crippen LogP contribution in [-0.4, -0.2) is 8.42 Å². The molecule has 2 aromatic rings. The van der Waals surface area contributed by atoms with E-state index in [9.17, 15) is 8.42 Å². The summed E-state index contributed by atoms with van der Waals surface area (Å²) >= 11 is 10.1. The summed E-state index contributed by atoms with van der Waals surface area (Å²) in [6.07, 6.45) is 0. The number of sulfonamides is 1. The molecule has 3 nitrogen and oxygen atoms in total. The fourth-order valence-corrected chi connectivity index (χ4v) is 5.08. The third-order valence-corrected chi connectivity index (χ3v) is 6.35. The number of benzene rings is 2. The molecule has 7 heteroatoms. The normalized spacial score (nSPS) is 11.5. The standard InChI is InChI=1S/C14H12Br3NO2S/c1-8-5-12(16)14(13(17)6-8)18-21(19,20)10-3-4-11(15)9(2)7-10/h3-7,18H,1-2H3. The van der Waals surface area contributed by atoms with Crippen LogP contribution in [0.5, 0.6) is 0 Å². The van der Waals surface area contributed by atoms with Crippen molar-refractivity contribution < 1.29 is 8.42 Å². The van der Waals surface area contributed by atoms with Gasteiger partial charge in [-0.3, -0.25) is 4.72 Å². The van der Waals surface area contributed by atoms with Gasteiger partial charge in [0.25, 0.3) is 10.0 Å². The Hall–Kier alpha value is -0.370. The Kier molecular flexibility index (Phi) is 5.18. The molecule has 1 N–H and O–H groups in total. The fraction of sp³-hybridized carbons (Fsp3) is 0.143. The van der Waals surface area contributed by atoms with Gasteiger partial charge in [0.05, 0.1) is 10.6 Å². The molecule has 0 unspecified atom stereocenters. The second-order valence-electron chi connectivity index (χ2n) is 4.62. The molecule has 0 spiro atoms. The second-order valence-corrected chi connectivity index (χ2v) is 8.87. The number of nitrogens with one attached hydrogen (secondary N) is 1. The van der Waals surface area contributed by atoms with Crippen molar-refractivity contribution >= 4 is 63.5 Å². The number of hydrogen-bond acceptors (Lipinski definition) is 2. The van der Waals surface area contributed by atoms with Crippen LogP contribution in [-0.2, 0) is 10.0 Å². The predicted molar refractivity (Wildman–Crippen MR) is 96.3 cm³/mol. The van der Waals surface area contributed by atoms with Crippen molar-refractivity contribution in [3.8, 4) is 0 Å². The van der Waals surface area contributed by atoms with E-state index < -0.39 is 10.0 Å². The predicted octanol–water partition coefficient (Wildman–Crippen LogP) is 5.39. The average molecular weight is 498 g/mol. The third kappa shape index (κ3) is 3.88. The molecule has 112 valence electrons. The van der Waals surface area contributed by atoms with Gasteiger partial charge in [0, 0.05) is 13.4 Å².